The Kier molecular flexibility index (Phi) is 3.80. The number of aliphatic hydroxyl groups excluding tert-OH is 1. The standard InChI is InChI=1S/C9H10ClF2NO/c10-8-5(7(14)3-4-13)1-2-6(11)9(8)12/h1-2,7,14H,3-4,13H2. The van der Waals surface area contributed by atoms with Crippen LogP contribution in [0.3, 0.4) is 0 Å². The maximum Gasteiger partial charge on any atom is 0.177 e. The molecule has 0 radical (unpaired) electrons. The van der Waals surface area contributed by atoms with Gasteiger partial charge in [-0.3, -0.25) is 0 Å². The normalized spacial score (nSPS) is 12.9. The molecule has 1 unspecified atom stereocenters. The minimum Gasteiger partial charge on any atom is -0.388 e. The van der Waals surface area contributed by atoms with Crippen LogP contribution in [0.2, 0.25) is 5.02 Å². The summed E-state index contributed by atoms with van der Waals surface area (Å²) in [5.41, 5.74) is 5.38. The van der Waals surface area contributed by atoms with Crippen LogP contribution in [-0.2, 0) is 0 Å². The Bertz CT molecular complexity index is 333. The van der Waals surface area contributed by atoms with Crippen LogP contribution in [0.4, 0.5) is 8.78 Å². The van der Waals surface area contributed by atoms with Crippen LogP contribution in [-0.4, -0.2) is 11.7 Å². The third-order valence-electron chi connectivity index (χ3n) is 1.86. The Labute approximate surface area is 85.3 Å². The van der Waals surface area contributed by atoms with E-state index in [0.717, 1.165) is 6.07 Å². The van der Waals surface area contributed by atoms with Gasteiger partial charge >= 0.3 is 0 Å². The quantitative estimate of drug-likeness (QED) is 0.767. The summed E-state index contributed by atoms with van der Waals surface area (Å²) in [6.45, 7) is 0.247. The summed E-state index contributed by atoms with van der Waals surface area (Å²) >= 11 is 5.51. The van der Waals surface area contributed by atoms with E-state index in [-0.39, 0.29) is 23.6 Å². The van der Waals surface area contributed by atoms with Gasteiger partial charge in [-0.15, -0.1) is 0 Å². The average Bonchev–Trinajstić information content (AvgIpc) is 2.15. The van der Waals surface area contributed by atoms with Gasteiger partial charge in [-0.25, -0.2) is 8.78 Å². The Morgan fingerprint density at radius 3 is 2.64 bits per heavy atom. The van der Waals surface area contributed by atoms with Gasteiger partial charge in [0, 0.05) is 5.56 Å². The number of aliphatic hydroxyl groups is 1. The molecule has 1 rings (SSSR count). The van der Waals surface area contributed by atoms with E-state index in [0.29, 0.717) is 0 Å². The van der Waals surface area contributed by atoms with E-state index in [4.69, 9.17) is 17.3 Å². The number of benzene rings is 1. The molecule has 1 aromatic rings. The van der Waals surface area contributed by atoms with Crippen LogP contribution in [0.1, 0.15) is 18.1 Å². The molecule has 0 spiro atoms. The fourth-order valence-corrected chi connectivity index (χ4v) is 1.39. The topological polar surface area (TPSA) is 46.2 Å². The van der Waals surface area contributed by atoms with Crippen molar-refractivity contribution in [3.63, 3.8) is 0 Å². The third kappa shape index (κ3) is 2.20. The van der Waals surface area contributed by atoms with Crippen molar-refractivity contribution in [2.45, 2.75) is 12.5 Å². The van der Waals surface area contributed by atoms with E-state index < -0.39 is 17.7 Å². The second kappa shape index (κ2) is 4.68. The largest absolute Gasteiger partial charge is 0.388 e. The van der Waals surface area contributed by atoms with Gasteiger partial charge in [0.15, 0.2) is 11.6 Å². The van der Waals surface area contributed by atoms with Crippen molar-refractivity contribution in [2.24, 2.45) is 5.73 Å². The molecule has 0 aromatic heterocycles. The SMILES string of the molecule is NCCC(O)c1ccc(F)c(F)c1Cl. The van der Waals surface area contributed by atoms with Crippen molar-refractivity contribution in [1.82, 2.24) is 0 Å². The van der Waals surface area contributed by atoms with E-state index in [2.05, 4.69) is 0 Å². The van der Waals surface area contributed by atoms with Crippen LogP contribution in [0, 0.1) is 11.6 Å². The van der Waals surface area contributed by atoms with Gasteiger partial charge in [0.05, 0.1) is 11.1 Å². The molecule has 14 heavy (non-hydrogen) atoms. The van der Waals surface area contributed by atoms with Crippen molar-refractivity contribution in [1.29, 1.82) is 0 Å². The Balaban J connectivity index is 3.04. The second-order valence-electron chi connectivity index (χ2n) is 2.86. The lowest BCUT2D eigenvalue weighted by atomic mass is 10.1. The molecule has 0 aliphatic rings. The first kappa shape index (κ1) is 11.4. The molecule has 3 N–H and O–H groups in total. The van der Waals surface area contributed by atoms with Crippen LogP contribution >= 0.6 is 11.6 Å². The molecule has 0 bridgehead atoms. The molecule has 5 heteroatoms. The molecule has 78 valence electrons. The van der Waals surface area contributed by atoms with Crippen molar-refractivity contribution in [2.75, 3.05) is 6.54 Å². The molecular weight excluding hydrogens is 212 g/mol. The number of halogens is 3. The number of nitrogens with two attached hydrogens (primary N) is 1. The van der Waals surface area contributed by atoms with Crippen LogP contribution < -0.4 is 5.73 Å². The summed E-state index contributed by atoms with van der Waals surface area (Å²) in [7, 11) is 0. The minimum absolute atomic E-state index is 0.163. The monoisotopic (exact) mass is 221 g/mol. The highest BCUT2D eigenvalue weighted by Crippen LogP contribution is 2.28. The Hall–Kier alpha value is -0.710. The average molecular weight is 222 g/mol. The number of hydrogen-bond donors (Lipinski definition) is 2. The summed E-state index contributed by atoms with van der Waals surface area (Å²) in [6.07, 6.45) is -0.701. The van der Waals surface area contributed by atoms with Gasteiger partial charge in [-0.05, 0) is 19.0 Å². The first-order chi connectivity index (χ1) is 6.57. The van der Waals surface area contributed by atoms with Crippen LogP contribution in [0.5, 0.6) is 0 Å². The summed E-state index contributed by atoms with van der Waals surface area (Å²) in [6, 6.07) is 2.18. The molecule has 0 fully saturated rings. The van der Waals surface area contributed by atoms with Gasteiger partial charge in [0.25, 0.3) is 0 Å². The number of hydrogen-bond acceptors (Lipinski definition) is 2. The lowest BCUT2D eigenvalue weighted by Gasteiger charge is -2.11. The highest BCUT2D eigenvalue weighted by atomic mass is 35.5. The van der Waals surface area contributed by atoms with E-state index in [1.807, 2.05) is 0 Å². The molecule has 0 heterocycles. The molecule has 1 atom stereocenters. The highest BCUT2D eigenvalue weighted by molar-refractivity contribution is 6.31. The predicted molar refractivity (Wildman–Crippen MR) is 50.0 cm³/mol. The molecule has 0 saturated carbocycles. The molecule has 0 aliphatic carbocycles. The van der Waals surface area contributed by atoms with Crippen molar-refractivity contribution in [3.8, 4) is 0 Å². The van der Waals surface area contributed by atoms with Gasteiger partial charge in [0.1, 0.15) is 0 Å². The molecule has 0 amide bonds. The summed E-state index contributed by atoms with van der Waals surface area (Å²) < 4.78 is 25.6. The summed E-state index contributed by atoms with van der Waals surface area (Å²) in [5, 5.41) is 9.08. The van der Waals surface area contributed by atoms with Crippen molar-refractivity contribution >= 4 is 11.6 Å². The van der Waals surface area contributed by atoms with Crippen LogP contribution in [0.15, 0.2) is 12.1 Å². The predicted octanol–water partition coefficient (Wildman–Crippen LogP) is 2.00. The summed E-state index contributed by atoms with van der Waals surface area (Å²) in [4.78, 5) is 0. The lowest BCUT2D eigenvalue weighted by molar-refractivity contribution is 0.170. The smallest absolute Gasteiger partial charge is 0.177 e. The first-order valence-corrected chi connectivity index (χ1v) is 4.47. The molecule has 2 nitrogen and oxygen atoms in total. The van der Waals surface area contributed by atoms with Gasteiger partial charge in [0.2, 0.25) is 0 Å². The molecular formula is C9H10ClF2NO. The summed E-state index contributed by atoms with van der Waals surface area (Å²) in [5.74, 6) is -2.17. The zero-order valence-electron chi connectivity index (χ0n) is 7.30. The zero-order chi connectivity index (χ0) is 10.7. The van der Waals surface area contributed by atoms with Crippen molar-refractivity contribution in [3.05, 3.63) is 34.4 Å². The van der Waals surface area contributed by atoms with Gasteiger partial charge in [-0.1, -0.05) is 17.7 Å². The first-order valence-electron chi connectivity index (χ1n) is 4.09. The fourth-order valence-electron chi connectivity index (χ4n) is 1.11. The Morgan fingerprint density at radius 2 is 2.07 bits per heavy atom. The van der Waals surface area contributed by atoms with Crippen LogP contribution in [0.25, 0.3) is 0 Å². The second-order valence-corrected chi connectivity index (χ2v) is 3.24. The molecule has 1 aromatic carbocycles. The van der Waals surface area contributed by atoms with E-state index in [9.17, 15) is 13.9 Å². The van der Waals surface area contributed by atoms with Gasteiger partial charge in [-0.2, -0.15) is 0 Å². The van der Waals surface area contributed by atoms with E-state index >= 15 is 0 Å². The highest BCUT2D eigenvalue weighted by Gasteiger charge is 2.16. The van der Waals surface area contributed by atoms with Gasteiger partial charge < -0.3 is 10.8 Å². The molecule has 0 saturated heterocycles. The number of rotatable bonds is 3. The third-order valence-corrected chi connectivity index (χ3v) is 2.25. The minimum atomic E-state index is -1.14. The van der Waals surface area contributed by atoms with E-state index in [1.165, 1.54) is 6.07 Å². The maximum absolute atomic E-state index is 12.9. The zero-order valence-corrected chi connectivity index (χ0v) is 8.06. The van der Waals surface area contributed by atoms with Crippen molar-refractivity contribution < 1.29 is 13.9 Å². The maximum atomic E-state index is 12.9. The van der Waals surface area contributed by atoms with E-state index in [1.54, 1.807) is 0 Å². The Morgan fingerprint density at radius 1 is 1.43 bits per heavy atom. The fraction of sp³-hybridized carbons (Fsp3) is 0.333. The lowest BCUT2D eigenvalue weighted by Crippen LogP contribution is -2.08. The molecule has 0 aliphatic heterocycles.